The first-order valence-corrected chi connectivity index (χ1v) is 5.30. The molecular formula is C11H14N4O2. The molecule has 90 valence electrons. The molecule has 1 aromatic carbocycles. The summed E-state index contributed by atoms with van der Waals surface area (Å²) >= 11 is 0. The zero-order valence-electron chi connectivity index (χ0n) is 9.64. The molecule has 0 saturated heterocycles. The maximum atomic E-state index is 10.9. The van der Waals surface area contributed by atoms with E-state index in [1.165, 1.54) is 0 Å². The number of carboxylic acids is 1. The SMILES string of the molecule is Cc1cc(C(C)C(N)C(=O)O)cc2n[nH]nc12. The first-order chi connectivity index (χ1) is 8.00. The van der Waals surface area contributed by atoms with Crippen molar-refractivity contribution < 1.29 is 9.90 Å². The van der Waals surface area contributed by atoms with E-state index in [0.717, 1.165) is 22.2 Å². The Labute approximate surface area is 97.8 Å². The summed E-state index contributed by atoms with van der Waals surface area (Å²) in [6.45, 7) is 3.70. The monoisotopic (exact) mass is 234 g/mol. The number of aryl methyl sites for hydroxylation is 1. The molecule has 0 saturated carbocycles. The lowest BCUT2D eigenvalue weighted by Gasteiger charge is -2.16. The second-order valence-electron chi connectivity index (χ2n) is 4.18. The third-order valence-corrected chi connectivity index (χ3v) is 2.98. The van der Waals surface area contributed by atoms with E-state index < -0.39 is 12.0 Å². The standard InChI is InChI=1S/C11H14N4O2/c1-5-3-7(6(2)9(12)11(16)17)4-8-10(5)14-15-13-8/h3-4,6,9H,12H2,1-2H3,(H,16,17)(H,13,14,15). The fraction of sp³-hybridized carbons (Fsp3) is 0.364. The van der Waals surface area contributed by atoms with Gasteiger partial charge in [0.1, 0.15) is 17.1 Å². The lowest BCUT2D eigenvalue weighted by Crippen LogP contribution is -2.35. The number of H-pyrrole nitrogens is 1. The predicted octanol–water partition coefficient (Wildman–Crippen LogP) is 0.782. The van der Waals surface area contributed by atoms with Crippen molar-refractivity contribution in [3.05, 3.63) is 23.3 Å². The van der Waals surface area contributed by atoms with Crippen molar-refractivity contribution >= 4 is 17.0 Å². The van der Waals surface area contributed by atoms with Crippen molar-refractivity contribution in [1.29, 1.82) is 0 Å². The van der Waals surface area contributed by atoms with Gasteiger partial charge in [-0.15, -0.1) is 0 Å². The van der Waals surface area contributed by atoms with Gasteiger partial charge >= 0.3 is 5.97 Å². The molecule has 0 aliphatic rings. The van der Waals surface area contributed by atoms with Gasteiger partial charge in [-0.05, 0) is 24.1 Å². The number of fused-ring (bicyclic) bond motifs is 1. The maximum absolute atomic E-state index is 10.9. The number of rotatable bonds is 3. The van der Waals surface area contributed by atoms with Crippen molar-refractivity contribution in [2.75, 3.05) is 0 Å². The van der Waals surface area contributed by atoms with Crippen LogP contribution in [-0.2, 0) is 4.79 Å². The van der Waals surface area contributed by atoms with Crippen LogP contribution in [-0.4, -0.2) is 32.5 Å². The summed E-state index contributed by atoms with van der Waals surface area (Å²) in [4.78, 5) is 10.9. The van der Waals surface area contributed by atoms with E-state index in [1.54, 1.807) is 6.92 Å². The van der Waals surface area contributed by atoms with Gasteiger partial charge in [0.2, 0.25) is 0 Å². The smallest absolute Gasteiger partial charge is 0.321 e. The summed E-state index contributed by atoms with van der Waals surface area (Å²) in [6, 6.07) is 2.80. The number of aromatic nitrogens is 3. The zero-order valence-corrected chi connectivity index (χ0v) is 9.64. The quantitative estimate of drug-likeness (QED) is 0.727. The molecule has 1 aromatic heterocycles. The van der Waals surface area contributed by atoms with E-state index in [4.69, 9.17) is 10.8 Å². The first-order valence-electron chi connectivity index (χ1n) is 5.30. The van der Waals surface area contributed by atoms with Gasteiger partial charge in [-0.25, -0.2) is 0 Å². The van der Waals surface area contributed by atoms with E-state index in [-0.39, 0.29) is 5.92 Å². The number of aromatic amines is 1. The number of nitrogens with one attached hydrogen (secondary N) is 1. The number of carbonyl (C=O) groups is 1. The molecule has 0 amide bonds. The summed E-state index contributed by atoms with van der Waals surface area (Å²) in [5.41, 5.74) is 8.95. The molecule has 6 nitrogen and oxygen atoms in total. The van der Waals surface area contributed by atoms with E-state index >= 15 is 0 Å². The molecule has 2 atom stereocenters. The normalized spacial score (nSPS) is 14.8. The lowest BCUT2D eigenvalue weighted by atomic mass is 9.92. The number of nitrogens with two attached hydrogens (primary N) is 1. The molecule has 2 unspecified atom stereocenters. The van der Waals surface area contributed by atoms with Crippen LogP contribution in [0.15, 0.2) is 12.1 Å². The highest BCUT2D eigenvalue weighted by Gasteiger charge is 2.22. The number of hydrogen-bond donors (Lipinski definition) is 3. The van der Waals surface area contributed by atoms with Crippen LogP contribution < -0.4 is 5.73 Å². The molecule has 0 spiro atoms. The minimum absolute atomic E-state index is 0.271. The average Bonchev–Trinajstić information content (AvgIpc) is 2.75. The Morgan fingerprint density at radius 3 is 2.82 bits per heavy atom. The number of hydrogen-bond acceptors (Lipinski definition) is 4. The number of nitrogens with zero attached hydrogens (tertiary/aromatic N) is 2. The molecule has 1 heterocycles. The van der Waals surface area contributed by atoms with Crippen LogP contribution in [0, 0.1) is 6.92 Å². The van der Waals surface area contributed by atoms with E-state index in [0.29, 0.717) is 0 Å². The molecule has 2 aromatic rings. The largest absolute Gasteiger partial charge is 0.480 e. The Kier molecular flexibility index (Phi) is 2.81. The van der Waals surface area contributed by atoms with Crippen molar-refractivity contribution in [1.82, 2.24) is 15.4 Å². The lowest BCUT2D eigenvalue weighted by molar-refractivity contribution is -0.139. The van der Waals surface area contributed by atoms with Crippen LogP contribution in [0.2, 0.25) is 0 Å². The second kappa shape index (κ2) is 4.14. The van der Waals surface area contributed by atoms with Crippen LogP contribution in [0.3, 0.4) is 0 Å². The van der Waals surface area contributed by atoms with Gasteiger partial charge in [0, 0.05) is 5.92 Å². The van der Waals surface area contributed by atoms with Gasteiger partial charge in [-0.3, -0.25) is 4.79 Å². The highest BCUT2D eigenvalue weighted by Crippen LogP contribution is 2.24. The Balaban J connectivity index is 2.45. The fourth-order valence-corrected chi connectivity index (χ4v) is 1.83. The van der Waals surface area contributed by atoms with E-state index in [2.05, 4.69) is 15.4 Å². The Hall–Kier alpha value is -1.95. The Bertz CT molecular complexity index is 564. The van der Waals surface area contributed by atoms with E-state index in [9.17, 15) is 4.79 Å². The topological polar surface area (TPSA) is 105 Å². The van der Waals surface area contributed by atoms with Crippen molar-refractivity contribution in [2.24, 2.45) is 5.73 Å². The average molecular weight is 234 g/mol. The van der Waals surface area contributed by atoms with Crippen LogP contribution in [0.25, 0.3) is 11.0 Å². The number of carboxylic acid groups (broad SMARTS) is 1. The molecule has 0 aliphatic heterocycles. The van der Waals surface area contributed by atoms with Gasteiger partial charge < -0.3 is 10.8 Å². The highest BCUT2D eigenvalue weighted by atomic mass is 16.4. The minimum Gasteiger partial charge on any atom is -0.480 e. The number of aliphatic carboxylic acids is 1. The third kappa shape index (κ3) is 1.99. The van der Waals surface area contributed by atoms with Crippen molar-refractivity contribution in [3.63, 3.8) is 0 Å². The predicted molar refractivity (Wildman–Crippen MR) is 62.7 cm³/mol. The molecule has 4 N–H and O–H groups in total. The minimum atomic E-state index is -1.00. The third-order valence-electron chi connectivity index (χ3n) is 2.98. The molecule has 0 fully saturated rings. The summed E-state index contributed by atoms with van der Waals surface area (Å²) < 4.78 is 0. The molecule has 0 aliphatic carbocycles. The highest BCUT2D eigenvalue weighted by molar-refractivity contribution is 5.79. The maximum Gasteiger partial charge on any atom is 0.321 e. The van der Waals surface area contributed by atoms with Gasteiger partial charge in [0.25, 0.3) is 0 Å². The van der Waals surface area contributed by atoms with Crippen molar-refractivity contribution in [3.8, 4) is 0 Å². The molecule has 2 rings (SSSR count). The molecule has 6 heteroatoms. The van der Waals surface area contributed by atoms with Crippen LogP contribution in [0.4, 0.5) is 0 Å². The van der Waals surface area contributed by atoms with Crippen LogP contribution in [0.5, 0.6) is 0 Å². The molecule has 0 bridgehead atoms. The summed E-state index contributed by atoms with van der Waals surface area (Å²) in [5, 5.41) is 19.5. The zero-order chi connectivity index (χ0) is 12.6. The molecular weight excluding hydrogens is 220 g/mol. The molecule has 0 radical (unpaired) electrons. The first kappa shape index (κ1) is 11.5. The van der Waals surface area contributed by atoms with Crippen LogP contribution in [0.1, 0.15) is 24.0 Å². The Morgan fingerprint density at radius 2 is 2.18 bits per heavy atom. The fourth-order valence-electron chi connectivity index (χ4n) is 1.83. The van der Waals surface area contributed by atoms with Crippen molar-refractivity contribution in [2.45, 2.75) is 25.8 Å². The van der Waals surface area contributed by atoms with Gasteiger partial charge in [-0.2, -0.15) is 15.4 Å². The van der Waals surface area contributed by atoms with Gasteiger partial charge in [0.15, 0.2) is 0 Å². The Morgan fingerprint density at radius 1 is 1.47 bits per heavy atom. The van der Waals surface area contributed by atoms with Gasteiger partial charge in [0.05, 0.1) is 0 Å². The summed E-state index contributed by atoms with van der Waals surface area (Å²) in [5.74, 6) is -1.28. The number of benzene rings is 1. The van der Waals surface area contributed by atoms with E-state index in [1.807, 2.05) is 19.1 Å². The summed E-state index contributed by atoms with van der Waals surface area (Å²) in [7, 11) is 0. The van der Waals surface area contributed by atoms with Crippen LogP contribution >= 0.6 is 0 Å². The van der Waals surface area contributed by atoms with Gasteiger partial charge in [-0.1, -0.05) is 13.0 Å². The summed E-state index contributed by atoms with van der Waals surface area (Å²) in [6.07, 6.45) is 0. The second-order valence-corrected chi connectivity index (χ2v) is 4.18. The molecule has 17 heavy (non-hydrogen) atoms.